The van der Waals surface area contributed by atoms with E-state index in [0.717, 1.165) is 82.1 Å². The second-order valence-corrected chi connectivity index (χ2v) is 15.5. The molecule has 0 spiro atoms. The van der Waals surface area contributed by atoms with Gasteiger partial charge in [-0.1, -0.05) is 46.0 Å². The number of carbonyl (C=O) groups is 1. The Balaban J connectivity index is 1.07. The lowest BCUT2D eigenvalue weighted by atomic mass is 9.75. The van der Waals surface area contributed by atoms with Crippen LogP contribution in [0.5, 0.6) is 0 Å². The second-order valence-electron chi connectivity index (χ2n) is 15.5. The van der Waals surface area contributed by atoms with Gasteiger partial charge in [-0.15, -0.1) is 0 Å². The summed E-state index contributed by atoms with van der Waals surface area (Å²) >= 11 is 0. The van der Waals surface area contributed by atoms with E-state index < -0.39 is 0 Å². The largest absolute Gasteiger partial charge is 0.473 e. The number of unbranched alkanes of at least 4 members (excludes halogenated alkanes) is 4. The van der Waals surface area contributed by atoms with Crippen molar-refractivity contribution in [1.29, 1.82) is 0 Å². The highest BCUT2D eigenvalue weighted by atomic mass is 16.5. The molecule has 7 heteroatoms. The fourth-order valence-corrected chi connectivity index (χ4v) is 7.96. The zero-order valence-electron chi connectivity index (χ0n) is 29.7. The molecule has 0 aromatic heterocycles. The van der Waals surface area contributed by atoms with Gasteiger partial charge in [-0.25, -0.2) is 0 Å². The second kappa shape index (κ2) is 19.5. The molecule has 45 heavy (non-hydrogen) atoms. The minimum atomic E-state index is 0.0459. The van der Waals surface area contributed by atoms with Gasteiger partial charge in [0, 0.05) is 63.4 Å². The van der Waals surface area contributed by atoms with Gasteiger partial charge in [0.25, 0.3) is 0 Å². The first kappa shape index (κ1) is 36.5. The molecule has 7 nitrogen and oxygen atoms in total. The molecule has 4 fully saturated rings. The summed E-state index contributed by atoms with van der Waals surface area (Å²) in [6.07, 6.45) is 20.6. The lowest BCUT2D eigenvalue weighted by Gasteiger charge is -2.35. The van der Waals surface area contributed by atoms with Crippen LogP contribution in [-0.4, -0.2) is 85.4 Å². The Morgan fingerprint density at radius 3 is 1.96 bits per heavy atom. The molecule has 0 radical (unpaired) electrons. The molecule has 2 saturated carbocycles. The molecule has 4 rings (SSSR count). The minimum absolute atomic E-state index is 0.0459. The van der Waals surface area contributed by atoms with Crippen molar-refractivity contribution < 1.29 is 14.3 Å². The number of nitrogens with one attached hydrogen (secondary N) is 2. The summed E-state index contributed by atoms with van der Waals surface area (Å²) in [6, 6.07) is 2.25. The summed E-state index contributed by atoms with van der Waals surface area (Å²) in [7, 11) is 0. The third-order valence-corrected chi connectivity index (χ3v) is 11.2. The van der Waals surface area contributed by atoms with Gasteiger partial charge in [0.1, 0.15) is 6.10 Å². The van der Waals surface area contributed by atoms with Crippen molar-refractivity contribution >= 4 is 5.91 Å². The molecule has 4 aliphatic rings. The molecule has 1 amide bonds. The quantitative estimate of drug-likeness (QED) is 0.0704. The average Bonchev–Trinajstić information content (AvgIpc) is 3.92. The van der Waals surface area contributed by atoms with Gasteiger partial charge in [0.15, 0.2) is 5.88 Å². The van der Waals surface area contributed by atoms with Crippen LogP contribution in [0, 0.1) is 17.8 Å². The molecule has 0 bridgehead atoms. The molecule has 2 saturated heterocycles. The molecular weight excluding hydrogens is 560 g/mol. The van der Waals surface area contributed by atoms with Crippen LogP contribution in [0.2, 0.25) is 0 Å². The van der Waals surface area contributed by atoms with Gasteiger partial charge in [-0.3, -0.25) is 14.6 Å². The molecule has 2 N–H and O–H groups in total. The molecule has 6 atom stereocenters. The van der Waals surface area contributed by atoms with Crippen LogP contribution in [-0.2, 0) is 14.3 Å². The third-order valence-electron chi connectivity index (χ3n) is 11.2. The predicted molar refractivity (Wildman–Crippen MR) is 186 cm³/mol. The number of carbonyl (C=O) groups excluding carboxylic acids is 1. The smallest absolute Gasteiger partial charge is 0.220 e. The first-order valence-electron chi connectivity index (χ1n) is 19.3. The van der Waals surface area contributed by atoms with E-state index in [2.05, 4.69) is 54.7 Å². The van der Waals surface area contributed by atoms with E-state index in [1.165, 1.54) is 83.6 Å². The van der Waals surface area contributed by atoms with Crippen LogP contribution in [0.15, 0.2) is 12.5 Å². The topological polar surface area (TPSA) is 65.6 Å². The summed E-state index contributed by atoms with van der Waals surface area (Å²) in [5.41, 5.74) is 0. The summed E-state index contributed by atoms with van der Waals surface area (Å²) in [5, 5.41) is 7.07. The summed E-state index contributed by atoms with van der Waals surface area (Å²) < 4.78 is 12.2. The number of amides is 1. The van der Waals surface area contributed by atoms with Crippen molar-refractivity contribution in [2.24, 2.45) is 17.8 Å². The zero-order valence-corrected chi connectivity index (χ0v) is 29.7. The number of hydrogen-bond donors (Lipinski definition) is 2. The fourth-order valence-electron chi connectivity index (χ4n) is 7.96. The Hall–Kier alpha value is -1.31. The normalized spacial score (nSPS) is 32.4. The van der Waals surface area contributed by atoms with E-state index in [1.807, 2.05) is 0 Å². The van der Waals surface area contributed by atoms with Gasteiger partial charge in [-0.2, -0.15) is 0 Å². The van der Waals surface area contributed by atoms with Gasteiger partial charge >= 0.3 is 0 Å². The molecule has 0 aromatic rings. The lowest BCUT2D eigenvalue weighted by Crippen LogP contribution is -2.39. The Labute approximate surface area is 277 Å². The van der Waals surface area contributed by atoms with Crippen LogP contribution >= 0.6 is 0 Å². The minimum Gasteiger partial charge on any atom is -0.473 e. The van der Waals surface area contributed by atoms with E-state index in [9.17, 15) is 4.79 Å². The van der Waals surface area contributed by atoms with E-state index in [0.29, 0.717) is 36.6 Å². The van der Waals surface area contributed by atoms with Crippen LogP contribution in [0.3, 0.4) is 0 Å². The maximum absolute atomic E-state index is 13.0. The molecule has 2 aliphatic carbocycles. The molecular formula is C38H70N4O3. The predicted octanol–water partition coefficient (Wildman–Crippen LogP) is 7.26. The van der Waals surface area contributed by atoms with Gasteiger partial charge in [0.2, 0.25) is 5.91 Å². The third kappa shape index (κ3) is 14.1. The number of nitrogens with zero attached hydrogens (tertiary/aromatic N) is 2. The highest BCUT2D eigenvalue weighted by Gasteiger charge is 2.34. The number of ether oxygens (including phenoxy) is 2. The Bertz CT molecular complexity index is 786. The standard InChI is InChI=1S/C38H70N4O3/c1-6-8-10-11-12-34(26-41-24-29(41)3)23-38(43)40-36-19-15-33(16-20-36)22-32-13-17-35(18-14-32)39-31(5)45-37(27-42-25-30(42)4)28-44-21-9-7-2/h29-30,32-37,39H,5-28H2,1-4H3,(H,40,43). The van der Waals surface area contributed by atoms with Crippen LogP contribution < -0.4 is 10.6 Å². The number of hydrogen-bond acceptors (Lipinski definition) is 6. The first-order chi connectivity index (χ1) is 21.8. The summed E-state index contributed by atoms with van der Waals surface area (Å²) in [4.78, 5) is 18.0. The molecule has 260 valence electrons. The van der Waals surface area contributed by atoms with Gasteiger partial charge < -0.3 is 20.1 Å². The van der Waals surface area contributed by atoms with E-state index in [-0.39, 0.29) is 6.10 Å². The van der Waals surface area contributed by atoms with Gasteiger partial charge in [-0.05, 0) is 109 Å². The monoisotopic (exact) mass is 631 g/mol. The van der Waals surface area contributed by atoms with Crippen LogP contribution in [0.4, 0.5) is 0 Å². The molecule has 6 unspecified atom stereocenters. The van der Waals surface area contributed by atoms with Crippen molar-refractivity contribution in [3.63, 3.8) is 0 Å². The highest BCUT2D eigenvalue weighted by Crippen LogP contribution is 2.36. The van der Waals surface area contributed by atoms with Crippen LogP contribution in [0.1, 0.15) is 137 Å². The average molecular weight is 631 g/mol. The van der Waals surface area contributed by atoms with Crippen molar-refractivity contribution in [3.05, 3.63) is 12.5 Å². The maximum atomic E-state index is 13.0. The lowest BCUT2D eigenvalue weighted by molar-refractivity contribution is -0.123. The van der Waals surface area contributed by atoms with Crippen molar-refractivity contribution in [1.82, 2.24) is 20.4 Å². The molecule has 2 heterocycles. The maximum Gasteiger partial charge on any atom is 0.220 e. The fraction of sp³-hybridized carbons (Fsp3) is 0.921. The van der Waals surface area contributed by atoms with Crippen molar-refractivity contribution in [2.75, 3.05) is 39.4 Å². The van der Waals surface area contributed by atoms with Crippen LogP contribution in [0.25, 0.3) is 0 Å². The Kier molecular flexibility index (Phi) is 15.8. The highest BCUT2D eigenvalue weighted by molar-refractivity contribution is 5.76. The summed E-state index contributed by atoms with van der Waals surface area (Å²) in [6.45, 7) is 19.1. The Morgan fingerprint density at radius 1 is 0.800 bits per heavy atom. The van der Waals surface area contributed by atoms with E-state index in [4.69, 9.17) is 9.47 Å². The Morgan fingerprint density at radius 2 is 1.38 bits per heavy atom. The summed E-state index contributed by atoms with van der Waals surface area (Å²) in [5.74, 6) is 3.21. The molecule has 0 aromatic carbocycles. The van der Waals surface area contributed by atoms with Crippen molar-refractivity contribution in [3.8, 4) is 0 Å². The van der Waals surface area contributed by atoms with Crippen molar-refractivity contribution in [2.45, 2.75) is 167 Å². The number of rotatable bonds is 23. The van der Waals surface area contributed by atoms with Gasteiger partial charge in [0.05, 0.1) is 6.61 Å². The van der Waals surface area contributed by atoms with E-state index in [1.54, 1.807) is 0 Å². The zero-order chi connectivity index (χ0) is 32.0. The SMILES string of the molecule is C=C(NC1CCC(CC2CCC(NC(=O)CC(CCCCCC)CN3CC3C)CC2)CC1)OC(COCCCC)CN1CC1C. The first-order valence-corrected chi connectivity index (χ1v) is 19.3. The molecule has 2 aliphatic heterocycles. The van der Waals surface area contributed by atoms with E-state index >= 15 is 0 Å².